The highest BCUT2D eigenvalue weighted by atomic mass is 16.2. The van der Waals surface area contributed by atoms with Crippen molar-refractivity contribution < 1.29 is 9.59 Å². The minimum absolute atomic E-state index is 0.0322. The van der Waals surface area contributed by atoms with Gasteiger partial charge in [0.1, 0.15) is 0 Å². The third-order valence-corrected chi connectivity index (χ3v) is 3.56. The summed E-state index contributed by atoms with van der Waals surface area (Å²) >= 11 is 0. The van der Waals surface area contributed by atoms with Gasteiger partial charge in [-0.25, -0.2) is 0 Å². The zero-order chi connectivity index (χ0) is 10.4. The van der Waals surface area contributed by atoms with Gasteiger partial charge in [-0.05, 0) is 24.7 Å². The molecule has 0 bridgehead atoms. The minimum Gasteiger partial charge on any atom is -0.296 e. The van der Waals surface area contributed by atoms with Gasteiger partial charge < -0.3 is 0 Å². The fraction of sp³-hybridized carbons (Fsp3) is 0.818. The molecule has 78 valence electrons. The van der Waals surface area contributed by atoms with E-state index in [0.717, 1.165) is 25.7 Å². The molecule has 2 amide bonds. The van der Waals surface area contributed by atoms with Gasteiger partial charge in [0.25, 0.3) is 0 Å². The number of rotatable bonds is 0. The van der Waals surface area contributed by atoms with Crippen molar-refractivity contribution in [3.8, 4) is 0 Å². The van der Waals surface area contributed by atoms with Crippen LogP contribution in [0.15, 0.2) is 0 Å². The van der Waals surface area contributed by atoms with Crippen molar-refractivity contribution in [3.63, 3.8) is 0 Å². The second-order valence-electron chi connectivity index (χ2n) is 5.53. The summed E-state index contributed by atoms with van der Waals surface area (Å²) in [5.74, 6) is -0.122. The van der Waals surface area contributed by atoms with Crippen LogP contribution in [-0.4, -0.2) is 11.8 Å². The Balaban J connectivity index is 2.24. The van der Waals surface area contributed by atoms with E-state index in [9.17, 15) is 9.59 Å². The minimum atomic E-state index is -0.362. The first-order valence-electron chi connectivity index (χ1n) is 5.28. The van der Waals surface area contributed by atoms with E-state index in [1.807, 2.05) is 0 Å². The van der Waals surface area contributed by atoms with Crippen LogP contribution in [0, 0.1) is 10.8 Å². The summed E-state index contributed by atoms with van der Waals surface area (Å²) in [7, 11) is 0. The Labute approximate surface area is 84.2 Å². The molecular formula is C11H17NO2. The monoisotopic (exact) mass is 195 g/mol. The van der Waals surface area contributed by atoms with Crippen molar-refractivity contribution in [2.24, 2.45) is 10.8 Å². The van der Waals surface area contributed by atoms with Crippen LogP contribution in [0.2, 0.25) is 0 Å². The molecule has 2 aliphatic rings. The third-order valence-electron chi connectivity index (χ3n) is 3.56. The molecule has 0 aromatic rings. The molecule has 1 aliphatic heterocycles. The molecule has 14 heavy (non-hydrogen) atoms. The first-order valence-corrected chi connectivity index (χ1v) is 5.28. The van der Waals surface area contributed by atoms with E-state index in [-0.39, 0.29) is 22.6 Å². The largest absolute Gasteiger partial charge is 0.296 e. The molecule has 1 spiro atoms. The van der Waals surface area contributed by atoms with Crippen molar-refractivity contribution in [1.82, 2.24) is 5.32 Å². The Morgan fingerprint density at radius 2 is 1.93 bits per heavy atom. The van der Waals surface area contributed by atoms with Crippen molar-refractivity contribution in [1.29, 1.82) is 0 Å². The van der Waals surface area contributed by atoms with Crippen molar-refractivity contribution in [2.75, 3.05) is 0 Å². The molecule has 1 heterocycles. The van der Waals surface area contributed by atoms with Crippen LogP contribution in [0.4, 0.5) is 0 Å². The highest BCUT2D eigenvalue weighted by Gasteiger charge is 2.50. The average Bonchev–Trinajstić information content (AvgIpc) is 2.24. The molecule has 0 aromatic heterocycles. The van der Waals surface area contributed by atoms with Crippen LogP contribution in [0.1, 0.15) is 46.0 Å². The molecule has 1 unspecified atom stereocenters. The van der Waals surface area contributed by atoms with Crippen LogP contribution >= 0.6 is 0 Å². The van der Waals surface area contributed by atoms with Gasteiger partial charge in [-0.2, -0.15) is 0 Å². The smallest absolute Gasteiger partial charge is 0.233 e. The molecule has 1 aliphatic carbocycles. The standard InChI is InChI=1S/C11H17NO2/c1-10(2)4-3-5-11(7-10)6-8(13)12-9(11)14/h3-7H2,1-2H3,(H,12,13,14). The fourth-order valence-corrected chi connectivity index (χ4v) is 3.03. The number of hydrogen-bond acceptors (Lipinski definition) is 2. The van der Waals surface area contributed by atoms with E-state index >= 15 is 0 Å². The Morgan fingerprint density at radius 1 is 1.21 bits per heavy atom. The van der Waals surface area contributed by atoms with Gasteiger partial charge in [-0.1, -0.05) is 20.3 Å². The zero-order valence-electron chi connectivity index (χ0n) is 8.85. The summed E-state index contributed by atoms with van der Waals surface area (Å²) in [5, 5.41) is 2.44. The molecule has 0 aromatic carbocycles. The first-order chi connectivity index (χ1) is 6.44. The molecule has 1 N–H and O–H groups in total. The van der Waals surface area contributed by atoms with Crippen LogP contribution in [0.5, 0.6) is 0 Å². The van der Waals surface area contributed by atoms with Crippen LogP contribution in [-0.2, 0) is 9.59 Å². The lowest BCUT2D eigenvalue weighted by molar-refractivity contribution is -0.131. The molecular weight excluding hydrogens is 178 g/mol. The van der Waals surface area contributed by atoms with Crippen molar-refractivity contribution in [2.45, 2.75) is 46.0 Å². The topological polar surface area (TPSA) is 46.2 Å². The fourth-order valence-electron chi connectivity index (χ4n) is 3.03. The number of carbonyl (C=O) groups excluding carboxylic acids is 2. The first kappa shape index (κ1) is 9.69. The van der Waals surface area contributed by atoms with Crippen LogP contribution in [0.25, 0.3) is 0 Å². The molecule has 2 fully saturated rings. The molecule has 3 nitrogen and oxygen atoms in total. The molecule has 3 heteroatoms. The van der Waals surface area contributed by atoms with Gasteiger partial charge in [0.2, 0.25) is 11.8 Å². The Bertz CT molecular complexity index is 296. The predicted molar refractivity (Wildman–Crippen MR) is 52.4 cm³/mol. The Kier molecular flexibility index (Phi) is 1.95. The molecule has 2 rings (SSSR count). The maximum atomic E-state index is 11.7. The normalized spacial score (nSPS) is 36.1. The van der Waals surface area contributed by atoms with E-state index in [4.69, 9.17) is 0 Å². The lowest BCUT2D eigenvalue weighted by Crippen LogP contribution is -2.39. The van der Waals surface area contributed by atoms with Gasteiger partial charge in [0.05, 0.1) is 5.41 Å². The lowest BCUT2D eigenvalue weighted by atomic mass is 9.63. The van der Waals surface area contributed by atoms with E-state index < -0.39 is 0 Å². The lowest BCUT2D eigenvalue weighted by Gasteiger charge is -2.40. The van der Waals surface area contributed by atoms with Gasteiger partial charge in [-0.15, -0.1) is 0 Å². The van der Waals surface area contributed by atoms with E-state index in [2.05, 4.69) is 19.2 Å². The zero-order valence-corrected chi connectivity index (χ0v) is 8.85. The summed E-state index contributed by atoms with van der Waals surface area (Å²) in [5.41, 5.74) is -0.154. The van der Waals surface area contributed by atoms with Crippen LogP contribution in [0.3, 0.4) is 0 Å². The van der Waals surface area contributed by atoms with Gasteiger partial charge >= 0.3 is 0 Å². The highest BCUT2D eigenvalue weighted by molar-refractivity contribution is 6.05. The number of hydrogen-bond donors (Lipinski definition) is 1. The van der Waals surface area contributed by atoms with E-state index in [0.29, 0.717) is 6.42 Å². The Morgan fingerprint density at radius 3 is 2.43 bits per heavy atom. The molecule has 1 saturated carbocycles. The number of nitrogens with one attached hydrogen (secondary N) is 1. The van der Waals surface area contributed by atoms with Gasteiger partial charge in [-0.3, -0.25) is 14.9 Å². The second kappa shape index (κ2) is 2.81. The van der Waals surface area contributed by atoms with Crippen molar-refractivity contribution in [3.05, 3.63) is 0 Å². The Hall–Kier alpha value is -0.860. The maximum absolute atomic E-state index is 11.7. The quantitative estimate of drug-likeness (QED) is 0.597. The summed E-state index contributed by atoms with van der Waals surface area (Å²) in [6.07, 6.45) is 4.38. The van der Waals surface area contributed by atoms with Gasteiger partial charge in [0.15, 0.2) is 0 Å². The van der Waals surface area contributed by atoms with E-state index in [1.165, 1.54) is 0 Å². The SMILES string of the molecule is CC1(C)CCCC2(CC(=O)NC2=O)C1. The predicted octanol–water partition coefficient (Wildman–Crippen LogP) is 1.62. The molecule has 1 saturated heterocycles. The summed E-state index contributed by atoms with van der Waals surface area (Å²) < 4.78 is 0. The highest BCUT2D eigenvalue weighted by Crippen LogP contribution is 2.49. The van der Waals surface area contributed by atoms with Crippen molar-refractivity contribution >= 4 is 11.8 Å². The summed E-state index contributed by atoms with van der Waals surface area (Å²) in [6, 6.07) is 0. The van der Waals surface area contributed by atoms with Crippen LogP contribution < -0.4 is 5.32 Å². The second-order valence-corrected chi connectivity index (χ2v) is 5.53. The van der Waals surface area contributed by atoms with E-state index in [1.54, 1.807) is 0 Å². The molecule has 0 radical (unpaired) electrons. The average molecular weight is 195 g/mol. The number of imide groups is 1. The third kappa shape index (κ3) is 1.45. The molecule has 1 atom stereocenters. The number of amides is 2. The summed E-state index contributed by atoms with van der Waals surface area (Å²) in [4.78, 5) is 22.9. The number of carbonyl (C=O) groups is 2. The summed E-state index contributed by atoms with van der Waals surface area (Å²) in [6.45, 7) is 4.37. The van der Waals surface area contributed by atoms with Gasteiger partial charge in [0, 0.05) is 6.42 Å². The maximum Gasteiger partial charge on any atom is 0.233 e.